The minimum Gasteiger partial charge on any atom is -0.493 e. The van der Waals surface area contributed by atoms with Crippen molar-refractivity contribution in [1.29, 1.82) is 0 Å². The second-order valence-electron chi connectivity index (χ2n) is 5.05. The van der Waals surface area contributed by atoms with E-state index in [4.69, 9.17) is 25.8 Å². The topological polar surface area (TPSA) is 69.2 Å². The number of amides is 1. The maximum absolute atomic E-state index is 11.8. The molecule has 132 valence electrons. The molecule has 0 heterocycles. The van der Waals surface area contributed by atoms with Gasteiger partial charge >= 0.3 is 0 Å². The summed E-state index contributed by atoms with van der Waals surface area (Å²) in [5, 5.41) is 4.61. The molecule has 2 aromatic rings. The summed E-state index contributed by atoms with van der Waals surface area (Å²) in [6.45, 7) is 1.61. The van der Waals surface area contributed by atoms with Crippen LogP contribution in [0.5, 0.6) is 17.2 Å². The van der Waals surface area contributed by atoms with E-state index in [-0.39, 0.29) is 12.5 Å². The molecule has 0 aliphatic rings. The van der Waals surface area contributed by atoms with Crippen LogP contribution in [-0.4, -0.2) is 32.4 Å². The zero-order valence-corrected chi connectivity index (χ0v) is 15.0. The highest BCUT2D eigenvalue weighted by atomic mass is 35.5. The molecular formula is C18H19ClN2O4. The highest BCUT2D eigenvalue weighted by molar-refractivity contribution is 6.30. The standard InChI is InChI=1S/C18H19ClN2O4/c1-12(13-7-8-16(23-2)17(9-13)24-3)20-21-18(22)11-25-15-6-4-5-14(19)10-15/h4-10H,11H2,1-3H3,(H,21,22)/b20-12+. The van der Waals surface area contributed by atoms with E-state index >= 15 is 0 Å². The van der Waals surface area contributed by atoms with Gasteiger partial charge in [0.1, 0.15) is 5.75 Å². The van der Waals surface area contributed by atoms with Crippen LogP contribution in [0.25, 0.3) is 0 Å². The fourth-order valence-electron chi connectivity index (χ4n) is 2.01. The number of nitrogens with zero attached hydrogens (tertiary/aromatic N) is 1. The third kappa shape index (κ3) is 5.39. The van der Waals surface area contributed by atoms with E-state index in [1.54, 1.807) is 57.5 Å². The fourth-order valence-corrected chi connectivity index (χ4v) is 2.19. The van der Waals surface area contributed by atoms with E-state index in [2.05, 4.69) is 10.5 Å². The molecule has 25 heavy (non-hydrogen) atoms. The molecule has 0 aliphatic heterocycles. The molecule has 1 N–H and O–H groups in total. The fraction of sp³-hybridized carbons (Fsp3) is 0.222. The van der Waals surface area contributed by atoms with Crippen molar-refractivity contribution >= 4 is 23.2 Å². The van der Waals surface area contributed by atoms with Gasteiger partial charge in [0.2, 0.25) is 0 Å². The van der Waals surface area contributed by atoms with Crippen LogP contribution in [0, 0.1) is 0 Å². The summed E-state index contributed by atoms with van der Waals surface area (Å²) in [5.74, 6) is 1.35. The first-order valence-electron chi connectivity index (χ1n) is 7.47. The van der Waals surface area contributed by atoms with Crippen molar-refractivity contribution in [2.75, 3.05) is 20.8 Å². The Morgan fingerprint density at radius 3 is 2.56 bits per heavy atom. The summed E-state index contributed by atoms with van der Waals surface area (Å²) in [5.41, 5.74) is 3.87. The van der Waals surface area contributed by atoms with Crippen LogP contribution in [0.15, 0.2) is 47.6 Å². The maximum Gasteiger partial charge on any atom is 0.277 e. The molecule has 0 spiro atoms. The Morgan fingerprint density at radius 2 is 1.88 bits per heavy atom. The Labute approximate surface area is 151 Å². The molecule has 2 rings (SSSR count). The molecule has 1 amide bonds. The normalized spacial score (nSPS) is 11.0. The van der Waals surface area contributed by atoms with Gasteiger partial charge in [0.25, 0.3) is 5.91 Å². The Balaban J connectivity index is 1.95. The second kappa shape index (κ2) is 8.94. The number of carbonyl (C=O) groups excluding carboxylic acids is 1. The van der Waals surface area contributed by atoms with Crippen molar-refractivity contribution in [3.8, 4) is 17.2 Å². The number of halogens is 1. The Morgan fingerprint density at radius 1 is 1.12 bits per heavy atom. The highest BCUT2D eigenvalue weighted by Gasteiger charge is 2.07. The molecule has 0 aliphatic carbocycles. The van der Waals surface area contributed by atoms with Crippen LogP contribution < -0.4 is 19.6 Å². The molecule has 0 radical (unpaired) electrons. The van der Waals surface area contributed by atoms with Gasteiger partial charge in [-0.3, -0.25) is 4.79 Å². The van der Waals surface area contributed by atoms with Crippen molar-refractivity contribution in [3.05, 3.63) is 53.1 Å². The molecule has 7 heteroatoms. The van der Waals surface area contributed by atoms with Gasteiger partial charge in [-0.2, -0.15) is 5.10 Å². The summed E-state index contributed by atoms with van der Waals surface area (Å²) >= 11 is 5.86. The Kier molecular flexibility index (Phi) is 6.65. The zero-order chi connectivity index (χ0) is 18.2. The largest absolute Gasteiger partial charge is 0.493 e. The van der Waals surface area contributed by atoms with Crippen LogP contribution in [0.4, 0.5) is 0 Å². The van der Waals surface area contributed by atoms with Gasteiger partial charge in [0.15, 0.2) is 18.1 Å². The first-order valence-corrected chi connectivity index (χ1v) is 7.85. The van der Waals surface area contributed by atoms with E-state index in [9.17, 15) is 4.79 Å². The number of hydrazone groups is 1. The molecule has 2 aromatic carbocycles. The second-order valence-corrected chi connectivity index (χ2v) is 5.48. The van der Waals surface area contributed by atoms with Crippen molar-refractivity contribution in [2.45, 2.75) is 6.92 Å². The number of hydrogen-bond acceptors (Lipinski definition) is 5. The number of carbonyl (C=O) groups is 1. The third-order valence-electron chi connectivity index (χ3n) is 3.32. The van der Waals surface area contributed by atoms with Gasteiger partial charge in [0, 0.05) is 10.6 Å². The molecule has 0 fully saturated rings. The summed E-state index contributed by atoms with van der Waals surface area (Å²) in [4.78, 5) is 11.8. The SMILES string of the molecule is COc1ccc(/C(C)=N/NC(=O)COc2cccc(Cl)c2)cc1OC. The lowest BCUT2D eigenvalue weighted by molar-refractivity contribution is -0.123. The quantitative estimate of drug-likeness (QED) is 0.606. The highest BCUT2D eigenvalue weighted by Crippen LogP contribution is 2.27. The lowest BCUT2D eigenvalue weighted by Gasteiger charge is -2.09. The van der Waals surface area contributed by atoms with Crippen LogP contribution in [0.2, 0.25) is 5.02 Å². The summed E-state index contributed by atoms with van der Waals surface area (Å²) in [7, 11) is 3.13. The van der Waals surface area contributed by atoms with Crippen LogP contribution in [0.1, 0.15) is 12.5 Å². The average Bonchev–Trinajstić information content (AvgIpc) is 2.63. The van der Waals surface area contributed by atoms with E-state index < -0.39 is 0 Å². The molecule has 6 nitrogen and oxygen atoms in total. The van der Waals surface area contributed by atoms with E-state index in [1.165, 1.54) is 0 Å². The average molecular weight is 363 g/mol. The number of nitrogens with one attached hydrogen (secondary N) is 1. The first kappa shape index (κ1) is 18.6. The predicted molar refractivity (Wildman–Crippen MR) is 96.8 cm³/mol. The summed E-state index contributed by atoms with van der Waals surface area (Å²) < 4.78 is 15.8. The van der Waals surface area contributed by atoms with Crippen molar-refractivity contribution in [3.63, 3.8) is 0 Å². The van der Waals surface area contributed by atoms with E-state index in [1.807, 2.05) is 6.07 Å². The number of hydrogen-bond donors (Lipinski definition) is 1. The molecule has 0 saturated carbocycles. The first-order chi connectivity index (χ1) is 12.0. The molecule has 0 atom stereocenters. The van der Waals surface area contributed by atoms with E-state index in [0.29, 0.717) is 28.0 Å². The minimum atomic E-state index is -0.375. The Hall–Kier alpha value is -2.73. The smallest absolute Gasteiger partial charge is 0.277 e. The minimum absolute atomic E-state index is 0.164. The third-order valence-corrected chi connectivity index (χ3v) is 3.55. The molecule has 0 bridgehead atoms. The zero-order valence-electron chi connectivity index (χ0n) is 14.2. The van der Waals surface area contributed by atoms with Gasteiger partial charge in [0.05, 0.1) is 19.9 Å². The number of rotatable bonds is 7. The van der Waals surface area contributed by atoms with Crippen LogP contribution in [-0.2, 0) is 4.79 Å². The van der Waals surface area contributed by atoms with Gasteiger partial charge in [-0.1, -0.05) is 17.7 Å². The summed E-state index contributed by atoms with van der Waals surface area (Å²) in [6.07, 6.45) is 0. The van der Waals surface area contributed by atoms with Gasteiger partial charge in [-0.15, -0.1) is 0 Å². The monoisotopic (exact) mass is 362 g/mol. The molecule has 0 aromatic heterocycles. The number of benzene rings is 2. The Bertz CT molecular complexity index is 777. The molecule has 0 saturated heterocycles. The van der Waals surface area contributed by atoms with Crippen molar-refractivity contribution in [2.24, 2.45) is 5.10 Å². The van der Waals surface area contributed by atoms with Crippen molar-refractivity contribution < 1.29 is 19.0 Å². The number of methoxy groups -OCH3 is 2. The predicted octanol–water partition coefficient (Wildman–Crippen LogP) is 3.28. The molecular weight excluding hydrogens is 344 g/mol. The van der Waals surface area contributed by atoms with Crippen LogP contribution >= 0.6 is 11.6 Å². The van der Waals surface area contributed by atoms with Gasteiger partial charge in [-0.25, -0.2) is 5.43 Å². The van der Waals surface area contributed by atoms with Gasteiger partial charge in [-0.05, 0) is 43.3 Å². The van der Waals surface area contributed by atoms with E-state index in [0.717, 1.165) is 5.56 Å². The number of ether oxygens (including phenoxy) is 3. The maximum atomic E-state index is 11.8. The van der Waals surface area contributed by atoms with Crippen molar-refractivity contribution in [1.82, 2.24) is 5.43 Å². The molecule has 0 unspecified atom stereocenters. The van der Waals surface area contributed by atoms with Gasteiger partial charge < -0.3 is 14.2 Å². The lowest BCUT2D eigenvalue weighted by atomic mass is 10.1. The lowest BCUT2D eigenvalue weighted by Crippen LogP contribution is -2.25. The van der Waals surface area contributed by atoms with Crippen LogP contribution in [0.3, 0.4) is 0 Å². The summed E-state index contributed by atoms with van der Waals surface area (Å²) in [6, 6.07) is 12.2.